The highest BCUT2D eigenvalue weighted by molar-refractivity contribution is 7.80. The van der Waals surface area contributed by atoms with Crippen LogP contribution in [0.2, 0.25) is 0 Å². The largest absolute Gasteiger partial charge is 0.363 e. The Labute approximate surface area is 145 Å². The SMILES string of the molecule is CCNC(=S)Nc1ccc2c(n1)C(c1ccccc1)=NCC(=O)N2. The molecule has 2 aromatic rings. The lowest BCUT2D eigenvalue weighted by Gasteiger charge is -2.13. The number of hydrogen-bond donors (Lipinski definition) is 3. The van der Waals surface area contributed by atoms with Crippen LogP contribution in [-0.2, 0) is 4.79 Å². The zero-order valence-electron chi connectivity index (χ0n) is 13.2. The summed E-state index contributed by atoms with van der Waals surface area (Å²) in [6.45, 7) is 2.76. The van der Waals surface area contributed by atoms with Gasteiger partial charge in [0.25, 0.3) is 0 Å². The molecule has 1 aromatic heterocycles. The van der Waals surface area contributed by atoms with Gasteiger partial charge in [0.15, 0.2) is 5.11 Å². The number of nitrogens with zero attached hydrogens (tertiary/aromatic N) is 2. The first-order valence-corrected chi connectivity index (χ1v) is 8.04. The Hall–Kier alpha value is -2.80. The van der Waals surface area contributed by atoms with Crippen LogP contribution >= 0.6 is 12.2 Å². The van der Waals surface area contributed by atoms with Gasteiger partial charge in [-0.05, 0) is 31.3 Å². The van der Waals surface area contributed by atoms with Gasteiger partial charge in [0.05, 0.1) is 11.4 Å². The Morgan fingerprint density at radius 3 is 2.79 bits per heavy atom. The number of pyridine rings is 1. The third-order valence-electron chi connectivity index (χ3n) is 3.40. The molecular formula is C17H17N5OS. The van der Waals surface area contributed by atoms with Crippen LogP contribution in [0.25, 0.3) is 0 Å². The van der Waals surface area contributed by atoms with E-state index < -0.39 is 0 Å². The quantitative estimate of drug-likeness (QED) is 0.747. The second-order valence-corrected chi connectivity index (χ2v) is 5.56. The van der Waals surface area contributed by atoms with Crippen molar-refractivity contribution in [1.82, 2.24) is 10.3 Å². The molecule has 3 rings (SSSR count). The number of thiocarbonyl (C=S) groups is 1. The maximum absolute atomic E-state index is 11.9. The van der Waals surface area contributed by atoms with E-state index in [1.165, 1.54) is 0 Å². The maximum Gasteiger partial charge on any atom is 0.246 e. The minimum atomic E-state index is -0.159. The molecule has 0 saturated heterocycles. The fourth-order valence-electron chi connectivity index (χ4n) is 2.37. The third kappa shape index (κ3) is 3.57. The average molecular weight is 339 g/mol. The Bertz CT molecular complexity index is 804. The number of fused-ring (bicyclic) bond motifs is 1. The number of hydrogen-bond acceptors (Lipinski definition) is 4. The molecule has 0 aliphatic carbocycles. The van der Waals surface area contributed by atoms with Crippen LogP contribution in [0.5, 0.6) is 0 Å². The van der Waals surface area contributed by atoms with Crippen LogP contribution in [0, 0.1) is 0 Å². The number of benzene rings is 1. The molecule has 6 nitrogen and oxygen atoms in total. The Morgan fingerprint density at radius 1 is 1.25 bits per heavy atom. The average Bonchev–Trinajstić information content (AvgIpc) is 2.74. The van der Waals surface area contributed by atoms with Gasteiger partial charge in [0, 0.05) is 12.1 Å². The molecular weight excluding hydrogens is 322 g/mol. The van der Waals surface area contributed by atoms with Crippen molar-refractivity contribution in [3.8, 4) is 0 Å². The summed E-state index contributed by atoms with van der Waals surface area (Å²) in [6, 6.07) is 13.3. The number of carbonyl (C=O) groups is 1. The zero-order chi connectivity index (χ0) is 16.9. The molecule has 0 unspecified atom stereocenters. The molecule has 0 spiro atoms. The summed E-state index contributed by atoms with van der Waals surface area (Å²) >= 11 is 5.20. The van der Waals surface area contributed by atoms with E-state index in [0.717, 1.165) is 12.1 Å². The summed E-state index contributed by atoms with van der Waals surface area (Å²) in [4.78, 5) is 20.9. The van der Waals surface area contributed by atoms with Gasteiger partial charge >= 0.3 is 0 Å². The Morgan fingerprint density at radius 2 is 2.04 bits per heavy atom. The lowest BCUT2D eigenvalue weighted by molar-refractivity contribution is -0.114. The van der Waals surface area contributed by atoms with Crippen molar-refractivity contribution in [3.63, 3.8) is 0 Å². The van der Waals surface area contributed by atoms with Gasteiger partial charge in [-0.15, -0.1) is 0 Å². The summed E-state index contributed by atoms with van der Waals surface area (Å²) < 4.78 is 0. The number of carbonyl (C=O) groups excluding carboxylic acids is 1. The Balaban J connectivity index is 2.02. The molecule has 3 N–H and O–H groups in total. The fraction of sp³-hybridized carbons (Fsp3) is 0.176. The van der Waals surface area contributed by atoms with Gasteiger partial charge in [-0.1, -0.05) is 30.3 Å². The summed E-state index contributed by atoms with van der Waals surface area (Å²) in [5.74, 6) is 0.437. The van der Waals surface area contributed by atoms with Crippen LogP contribution in [-0.4, -0.2) is 34.8 Å². The highest BCUT2D eigenvalue weighted by Gasteiger charge is 2.20. The monoisotopic (exact) mass is 339 g/mol. The molecule has 0 atom stereocenters. The second kappa shape index (κ2) is 7.18. The van der Waals surface area contributed by atoms with Gasteiger partial charge in [-0.3, -0.25) is 9.79 Å². The standard InChI is InChI=1S/C17H17N5OS/c1-2-18-17(24)22-13-9-8-12-16(21-13)15(19-10-14(23)20-12)11-6-4-3-5-7-11/h3-9H,2,10H2,1H3,(H,20,23)(H2,18,21,22,24). The maximum atomic E-state index is 11.9. The van der Waals surface area contributed by atoms with Crippen molar-refractivity contribution in [2.24, 2.45) is 4.99 Å². The minimum Gasteiger partial charge on any atom is -0.363 e. The molecule has 0 fully saturated rings. The fourth-order valence-corrected chi connectivity index (χ4v) is 2.62. The first kappa shape index (κ1) is 16.1. The number of rotatable bonds is 3. The molecule has 0 radical (unpaired) electrons. The highest BCUT2D eigenvalue weighted by atomic mass is 32.1. The normalized spacial score (nSPS) is 13.2. The molecule has 0 saturated carbocycles. The number of anilines is 2. The van der Waals surface area contributed by atoms with E-state index in [4.69, 9.17) is 12.2 Å². The van der Waals surface area contributed by atoms with Crippen LogP contribution in [0.15, 0.2) is 47.5 Å². The summed E-state index contributed by atoms with van der Waals surface area (Å²) in [5.41, 5.74) is 2.85. The van der Waals surface area contributed by atoms with E-state index in [1.54, 1.807) is 12.1 Å². The van der Waals surface area contributed by atoms with Crippen molar-refractivity contribution in [1.29, 1.82) is 0 Å². The molecule has 0 bridgehead atoms. The van der Waals surface area contributed by atoms with E-state index in [0.29, 0.717) is 28.0 Å². The van der Waals surface area contributed by atoms with Crippen molar-refractivity contribution in [2.75, 3.05) is 23.7 Å². The zero-order valence-corrected chi connectivity index (χ0v) is 14.0. The van der Waals surface area contributed by atoms with E-state index >= 15 is 0 Å². The van der Waals surface area contributed by atoms with Crippen LogP contribution in [0.3, 0.4) is 0 Å². The first-order chi connectivity index (χ1) is 11.7. The van der Waals surface area contributed by atoms with Gasteiger partial charge in [0.1, 0.15) is 18.1 Å². The van der Waals surface area contributed by atoms with Gasteiger partial charge in [0.2, 0.25) is 5.91 Å². The Kier molecular flexibility index (Phi) is 4.81. The van der Waals surface area contributed by atoms with Crippen LogP contribution < -0.4 is 16.0 Å². The van der Waals surface area contributed by atoms with Crippen LogP contribution in [0.1, 0.15) is 18.2 Å². The molecule has 1 amide bonds. The van der Waals surface area contributed by atoms with E-state index in [1.807, 2.05) is 37.3 Å². The van der Waals surface area contributed by atoms with Crippen molar-refractivity contribution < 1.29 is 4.79 Å². The van der Waals surface area contributed by atoms with E-state index in [9.17, 15) is 4.79 Å². The van der Waals surface area contributed by atoms with Gasteiger partial charge in [-0.25, -0.2) is 4.98 Å². The molecule has 1 aliphatic heterocycles. The third-order valence-corrected chi connectivity index (χ3v) is 3.65. The summed E-state index contributed by atoms with van der Waals surface area (Å²) in [6.07, 6.45) is 0. The van der Waals surface area contributed by atoms with Gasteiger partial charge < -0.3 is 16.0 Å². The predicted octanol–water partition coefficient (Wildman–Crippen LogP) is 2.18. The van der Waals surface area contributed by atoms with E-state index in [-0.39, 0.29) is 12.5 Å². The number of amides is 1. The number of aliphatic imine (C=N–C) groups is 1. The number of aromatic nitrogens is 1. The lowest BCUT2D eigenvalue weighted by atomic mass is 10.1. The van der Waals surface area contributed by atoms with Crippen molar-refractivity contribution in [3.05, 3.63) is 53.7 Å². The first-order valence-electron chi connectivity index (χ1n) is 7.63. The second-order valence-electron chi connectivity index (χ2n) is 5.16. The lowest BCUT2D eigenvalue weighted by Crippen LogP contribution is -2.28. The summed E-state index contributed by atoms with van der Waals surface area (Å²) in [5, 5.41) is 9.39. The molecule has 122 valence electrons. The van der Waals surface area contributed by atoms with Crippen molar-refractivity contribution >= 4 is 40.5 Å². The molecule has 7 heteroatoms. The smallest absolute Gasteiger partial charge is 0.246 e. The molecule has 1 aliphatic rings. The van der Waals surface area contributed by atoms with E-state index in [2.05, 4.69) is 25.9 Å². The van der Waals surface area contributed by atoms with Gasteiger partial charge in [-0.2, -0.15) is 0 Å². The molecule has 24 heavy (non-hydrogen) atoms. The van der Waals surface area contributed by atoms with Crippen molar-refractivity contribution in [2.45, 2.75) is 6.92 Å². The minimum absolute atomic E-state index is 0.0686. The predicted molar refractivity (Wildman–Crippen MR) is 99.7 cm³/mol. The topological polar surface area (TPSA) is 78.4 Å². The molecule has 2 heterocycles. The van der Waals surface area contributed by atoms with Crippen LogP contribution in [0.4, 0.5) is 11.5 Å². The number of nitrogens with one attached hydrogen (secondary N) is 3. The summed E-state index contributed by atoms with van der Waals surface area (Å²) in [7, 11) is 0. The molecule has 1 aromatic carbocycles. The highest BCUT2D eigenvalue weighted by Crippen LogP contribution is 2.23.